The molecule has 1 aliphatic heterocycles. The summed E-state index contributed by atoms with van der Waals surface area (Å²) in [6, 6.07) is 7.10. The third-order valence-electron chi connectivity index (χ3n) is 5.59. The van der Waals surface area contributed by atoms with Crippen molar-refractivity contribution < 1.29 is 9.18 Å². The molecule has 0 unspecified atom stereocenters. The Morgan fingerprint density at radius 2 is 1.92 bits per heavy atom. The van der Waals surface area contributed by atoms with Crippen molar-refractivity contribution >= 4 is 6.03 Å². The van der Waals surface area contributed by atoms with Crippen LogP contribution in [0.2, 0.25) is 0 Å². The fraction of sp³-hybridized carbons (Fsp3) is 0.650. The van der Waals surface area contributed by atoms with E-state index in [0.717, 1.165) is 44.5 Å². The second kappa shape index (κ2) is 8.65. The van der Waals surface area contributed by atoms with Gasteiger partial charge in [0.15, 0.2) is 0 Å². The summed E-state index contributed by atoms with van der Waals surface area (Å²) in [6.45, 7) is 5.75. The first kappa shape index (κ1) is 18.2. The molecule has 25 heavy (non-hydrogen) atoms. The Labute approximate surface area is 150 Å². The average molecular weight is 347 g/mol. The number of halogens is 1. The minimum Gasteiger partial charge on any atom is -0.334 e. The van der Waals surface area contributed by atoms with Gasteiger partial charge in [0.1, 0.15) is 5.82 Å². The fourth-order valence-corrected chi connectivity index (χ4v) is 4.04. The van der Waals surface area contributed by atoms with Crippen molar-refractivity contribution in [3.8, 4) is 0 Å². The third-order valence-corrected chi connectivity index (χ3v) is 5.59. The average Bonchev–Trinajstić information content (AvgIpc) is 3.09. The summed E-state index contributed by atoms with van der Waals surface area (Å²) in [4.78, 5) is 17.3. The van der Waals surface area contributed by atoms with E-state index in [9.17, 15) is 9.18 Å². The van der Waals surface area contributed by atoms with E-state index in [1.54, 1.807) is 12.1 Å². The van der Waals surface area contributed by atoms with Crippen molar-refractivity contribution in [2.24, 2.45) is 0 Å². The summed E-state index contributed by atoms with van der Waals surface area (Å²) in [7, 11) is 0. The number of nitrogens with zero attached hydrogens (tertiary/aromatic N) is 2. The maximum absolute atomic E-state index is 13.2. The number of nitrogens with one attached hydrogen (secondary N) is 1. The standard InChI is InChI=1S/C20H30FN3O/c1-2-23-13-12-18(15-23)22-20(25)24(19-6-4-3-5-7-19)14-16-8-10-17(21)11-9-16/h8-11,18-19H,2-7,12-15H2,1H3,(H,22,25)/t18-/m1/s1. The predicted molar refractivity (Wildman–Crippen MR) is 97.9 cm³/mol. The quantitative estimate of drug-likeness (QED) is 0.880. The second-order valence-corrected chi connectivity index (χ2v) is 7.37. The number of hydrogen-bond acceptors (Lipinski definition) is 2. The van der Waals surface area contributed by atoms with E-state index in [-0.39, 0.29) is 17.9 Å². The lowest BCUT2D eigenvalue weighted by atomic mass is 9.94. The summed E-state index contributed by atoms with van der Waals surface area (Å²) in [5.74, 6) is -0.233. The number of urea groups is 1. The van der Waals surface area contributed by atoms with Gasteiger partial charge < -0.3 is 15.1 Å². The SMILES string of the molecule is CCN1CC[C@@H](NC(=O)N(Cc2ccc(F)cc2)C2CCCCC2)C1. The number of likely N-dealkylation sites (tertiary alicyclic amines) is 1. The van der Waals surface area contributed by atoms with Crippen molar-refractivity contribution in [1.29, 1.82) is 0 Å². The molecule has 0 bridgehead atoms. The molecule has 1 saturated carbocycles. The molecule has 3 rings (SSSR count). The van der Waals surface area contributed by atoms with E-state index in [1.165, 1.54) is 31.4 Å². The molecule has 0 radical (unpaired) electrons. The molecule has 1 atom stereocenters. The molecule has 1 aromatic carbocycles. The highest BCUT2D eigenvalue weighted by molar-refractivity contribution is 5.75. The number of hydrogen-bond donors (Lipinski definition) is 1. The van der Waals surface area contributed by atoms with Gasteiger partial charge in [0, 0.05) is 31.7 Å². The van der Waals surface area contributed by atoms with Gasteiger partial charge in [0.2, 0.25) is 0 Å². The van der Waals surface area contributed by atoms with E-state index in [2.05, 4.69) is 17.1 Å². The molecule has 1 heterocycles. The maximum atomic E-state index is 13.2. The Morgan fingerprint density at radius 1 is 1.20 bits per heavy atom. The van der Waals surface area contributed by atoms with E-state index in [1.807, 2.05) is 4.90 Å². The van der Waals surface area contributed by atoms with Gasteiger partial charge in [-0.15, -0.1) is 0 Å². The van der Waals surface area contributed by atoms with Crippen molar-refractivity contribution in [2.45, 2.75) is 64.1 Å². The number of likely N-dealkylation sites (N-methyl/N-ethyl adjacent to an activating group) is 1. The van der Waals surface area contributed by atoms with Crippen molar-refractivity contribution in [3.05, 3.63) is 35.6 Å². The van der Waals surface area contributed by atoms with E-state index in [4.69, 9.17) is 0 Å². The van der Waals surface area contributed by atoms with Crippen LogP contribution in [0.3, 0.4) is 0 Å². The summed E-state index contributed by atoms with van der Waals surface area (Å²) >= 11 is 0. The Kier molecular flexibility index (Phi) is 6.29. The van der Waals surface area contributed by atoms with Crippen LogP contribution in [0.15, 0.2) is 24.3 Å². The molecule has 2 aliphatic rings. The van der Waals surface area contributed by atoms with Crippen LogP contribution in [0.25, 0.3) is 0 Å². The molecular formula is C20H30FN3O. The first-order chi connectivity index (χ1) is 12.2. The molecule has 1 aliphatic carbocycles. The zero-order valence-electron chi connectivity index (χ0n) is 15.2. The van der Waals surface area contributed by atoms with Crippen LogP contribution in [-0.2, 0) is 6.54 Å². The molecular weight excluding hydrogens is 317 g/mol. The smallest absolute Gasteiger partial charge is 0.318 e. The molecule has 2 amide bonds. The number of benzene rings is 1. The fourth-order valence-electron chi connectivity index (χ4n) is 4.04. The Balaban J connectivity index is 1.66. The van der Waals surface area contributed by atoms with Gasteiger partial charge in [0.05, 0.1) is 0 Å². The zero-order valence-corrected chi connectivity index (χ0v) is 15.2. The topological polar surface area (TPSA) is 35.6 Å². The molecule has 4 nitrogen and oxygen atoms in total. The van der Waals surface area contributed by atoms with Crippen LogP contribution in [0.1, 0.15) is 51.0 Å². The van der Waals surface area contributed by atoms with Crippen molar-refractivity contribution in [3.63, 3.8) is 0 Å². The summed E-state index contributed by atoms with van der Waals surface area (Å²) in [5.41, 5.74) is 0.990. The van der Waals surface area contributed by atoms with Crippen LogP contribution in [0.4, 0.5) is 9.18 Å². The monoisotopic (exact) mass is 347 g/mol. The van der Waals surface area contributed by atoms with Crippen molar-refractivity contribution in [2.75, 3.05) is 19.6 Å². The Morgan fingerprint density at radius 3 is 2.56 bits per heavy atom. The Hall–Kier alpha value is -1.62. The highest BCUT2D eigenvalue weighted by atomic mass is 19.1. The molecule has 138 valence electrons. The van der Waals surface area contributed by atoms with Crippen LogP contribution in [-0.4, -0.2) is 47.5 Å². The van der Waals surface area contributed by atoms with Gasteiger partial charge in [0.25, 0.3) is 0 Å². The maximum Gasteiger partial charge on any atom is 0.318 e. The molecule has 1 aromatic rings. The van der Waals surface area contributed by atoms with Gasteiger partial charge in [-0.05, 0) is 43.5 Å². The molecule has 1 saturated heterocycles. The molecule has 0 aromatic heterocycles. The van der Waals surface area contributed by atoms with Crippen LogP contribution in [0, 0.1) is 5.82 Å². The Bertz CT molecular complexity index is 557. The first-order valence-corrected chi connectivity index (χ1v) is 9.69. The largest absolute Gasteiger partial charge is 0.334 e. The lowest BCUT2D eigenvalue weighted by Gasteiger charge is -2.35. The number of rotatable bonds is 5. The normalized spacial score (nSPS) is 22.1. The lowest BCUT2D eigenvalue weighted by molar-refractivity contribution is 0.148. The van der Waals surface area contributed by atoms with Crippen molar-refractivity contribution in [1.82, 2.24) is 15.1 Å². The van der Waals surface area contributed by atoms with Crippen LogP contribution < -0.4 is 5.32 Å². The van der Waals surface area contributed by atoms with Gasteiger partial charge in [-0.3, -0.25) is 0 Å². The van der Waals surface area contributed by atoms with E-state index in [0.29, 0.717) is 12.6 Å². The highest BCUT2D eigenvalue weighted by Crippen LogP contribution is 2.24. The second-order valence-electron chi connectivity index (χ2n) is 7.37. The molecule has 0 spiro atoms. The third kappa shape index (κ3) is 4.94. The number of carbonyl (C=O) groups excluding carboxylic acids is 1. The zero-order chi connectivity index (χ0) is 17.6. The summed E-state index contributed by atoms with van der Waals surface area (Å²) in [5, 5.41) is 3.24. The van der Waals surface area contributed by atoms with E-state index < -0.39 is 0 Å². The van der Waals surface area contributed by atoms with E-state index >= 15 is 0 Å². The van der Waals surface area contributed by atoms with Gasteiger partial charge in [-0.1, -0.05) is 38.3 Å². The predicted octanol–water partition coefficient (Wildman–Crippen LogP) is 3.76. The van der Waals surface area contributed by atoms with Crippen LogP contribution in [0.5, 0.6) is 0 Å². The van der Waals surface area contributed by atoms with Crippen LogP contribution >= 0.6 is 0 Å². The number of carbonyl (C=O) groups is 1. The molecule has 5 heteroatoms. The minimum atomic E-state index is -0.233. The molecule has 2 fully saturated rings. The lowest BCUT2D eigenvalue weighted by Crippen LogP contribution is -2.50. The number of amides is 2. The highest BCUT2D eigenvalue weighted by Gasteiger charge is 2.29. The van der Waals surface area contributed by atoms with Gasteiger partial charge in [-0.2, -0.15) is 0 Å². The first-order valence-electron chi connectivity index (χ1n) is 9.69. The minimum absolute atomic E-state index is 0.0409. The molecule has 1 N–H and O–H groups in total. The summed E-state index contributed by atoms with van der Waals surface area (Å²) in [6.07, 6.45) is 6.79. The van der Waals surface area contributed by atoms with Gasteiger partial charge in [-0.25, -0.2) is 9.18 Å². The van der Waals surface area contributed by atoms with Gasteiger partial charge >= 0.3 is 6.03 Å². The summed E-state index contributed by atoms with van der Waals surface area (Å²) < 4.78 is 13.2.